The number of carbonyl (C=O) groups excluding carboxylic acids is 1. The number of pyridine rings is 2. The number of aryl methyl sites for hydroxylation is 1. The van der Waals surface area contributed by atoms with Crippen molar-refractivity contribution in [3.8, 4) is 0 Å². The average Bonchev–Trinajstić information content (AvgIpc) is 2.78. The monoisotopic (exact) mass is 441 g/mol. The van der Waals surface area contributed by atoms with Gasteiger partial charge in [-0.15, -0.1) is 0 Å². The number of aromatic nitrogens is 2. The van der Waals surface area contributed by atoms with E-state index in [0.29, 0.717) is 43.1 Å². The first-order valence-corrected chi connectivity index (χ1v) is 10.2. The minimum absolute atomic E-state index is 0.171. The Morgan fingerprint density at radius 3 is 2.72 bits per heavy atom. The number of hydrogen-bond acceptors (Lipinski definition) is 4. The maximum Gasteiger partial charge on any atom is 0.416 e. The molecule has 8 heteroatoms. The fourth-order valence-electron chi connectivity index (χ4n) is 3.79. The standard InChI is InChI=1S/C24H22F3N3O2/c1-16-11-18(12-17-5-4-6-19(13-17)24(25,26)27)14-21(29-16)22-15-30(9-10-32-22)23(31)20-7-2-3-8-28-20/h2-8,11,13-14,22H,9-10,12,15H2,1H3. The molecule has 166 valence electrons. The first-order valence-electron chi connectivity index (χ1n) is 10.2. The van der Waals surface area contributed by atoms with Gasteiger partial charge in [0.2, 0.25) is 0 Å². The third-order valence-electron chi connectivity index (χ3n) is 5.26. The Kier molecular flexibility index (Phi) is 6.23. The van der Waals surface area contributed by atoms with Gasteiger partial charge in [0.15, 0.2) is 0 Å². The second kappa shape index (κ2) is 9.08. The highest BCUT2D eigenvalue weighted by Gasteiger charge is 2.30. The predicted molar refractivity (Wildman–Crippen MR) is 112 cm³/mol. The van der Waals surface area contributed by atoms with E-state index in [1.807, 2.05) is 19.1 Å². The van der Waals surface area contributed by atoms with Crippen molar-refractivity contribution in [3.63, 3.8) is 0 Å². The van der Waals surface area contributed by atoms with E-state index in [9.17, 15) is 18.0 Å². The molecule has 5 nitrogen and oxygen atoms in total. The lowest BCUT2D eigenvalue weighted by Crippen LogP contribution is -2.42. The van der Waals surface area contributed by atoms with E-state index in [0.717, 1.165) is 17.3 Å². The van der Waals surface area contributed by atoms with Crippen molar-refractivity contribution in [2.24, 2.45) is 0 Å². The SMILES string of the molecule is Cc1cc(Cc2cccc(C(F)(F)F)c2)cc(C2CN(C(=O)c3ccccn3)CCO2)n1. The number of benzene rings is 1. The van der Waals surface area contributed by atoms with Crippen LogP contribution in [0.2, 0.25) is 0 Å². The summed E-state index contributed by atoms with van der Waals surface area (Å²) in [6, 6.07) is 14.2. The second-order valence-corrected chi connectivity index (χ2v) is 7.74. The largest absolute Gasteiger partial charge is 0.416 e. The Balaban J connectivity index is 1.53. The molecule has 2 aromatic heterocycles. The van der Waals surface area contributed by atoms with Gasteiger partial charge in [-0.25, -0.2) is 0 Å². The number of halogens is 3. The third kappa shape index (κ3) is 5.13. The molecule has 1 aliphatic rings. The molecule has 1 aromatic carbocycles. The number of alkyl halides is 3. The van der Waals surface area contributed by atoms with Gasteiger partial charge in [-0.2, -0.15) is 13.2 Å². The Labute approximate surface area is 183 Å². The maximum absolute atomic E-state index is 13.0. The molecule has 0 bridgehead atoms. The van der Waals surface area contributed by atoms with Crippen molar-refractivity contribution in [2.45, 2.75) is 25.6 Å². The van der Waals surface area contributed by atoms with Gasteiger partial charge in [-0.05, 0) is 54.8 Å². The number of morpholine rings is 1. The van der Waals surface area contributed by atoms with Gasteiger partial charge in [-0.1, -0.05) is 24.3 Å². The van der Waals surface area contributed by atoms with Gasteiger partial charge >= 0.3 is 6.18 Å². The van der Waals surface area contributed by atoms with Crippen molar-refractivity contribution < 1.29 is 22.7 Å². The lowest BCUT2D eigenvalue weighted by atomic mass is 10.0. The lowest BCUT2D eigenvalue weighted by molar-refractivity contribution is -0.137. The van der Waals surface area contributed by atoms with Crippen LogP contribution in [0.4, 0.5) is 13.2 Å². The molecule has 0 aliphatic carbocycles. The van der Waals surface area contributed by atoms with Crippen LogP contribution in [0.3, 0.4) is 0 Å². The summed E-state index contributed by atoms with van der Waals surface area (Å²) in [5, 5.41) is 0. The summed E-state index contributed by atoms with van der Waals surface area (Å²) in [6.07, 6.45) is -2.89. The summed E-state index contributed by atoms with van der Waals surface area (Å²) in [5.74, 6) is -0.171. The van der Waals surface area contributed by atoms with Crippen LogP contribution in [0.15, 0.2) is 60.8 Å². The minimum Gasteiger partial charge on any atom is -0.368 e. The minimum atomic E-state index is -4.38. The molecular formula is C24H22F3N3O2. The van der Waals surface area contributed by atoms with Gasteiger partial charge in [-0.3, -0.25) is 14.8 Å². The van der Waals surface area contributed by atoms with Crippen LogP contribution in [-0.2, 0) is 17.3 Å². The molecule has 1 fully saturated rings. The number of hydrogen-bond donors (Lipinski definition) is 0. The third-order valence-corrected chi connectivity index (χ3v) is 5.26. The molecule has 0 N–H and O–H groups in total. The van der Waals surface area contributed by atoms with Gasteiger partial charge in [0.25, 0.3) is 5.91 Å². The molecule has 0 saturated carbocycles. The molecule has 1 amide bonds. The van der Waals surface area contributed by atoms with E-state index in [1.54, 1.807) is 35.4 Å². The molecular weight excluding hydrogens is 419 g/mol. The van der Waals surface area contributed by atoms with Gasteiger partial charge in [0, 0.05) is 18.4 Å². The molecule has 3 aromatic rings. The molecule has 4 rings (SSSR count). The number of rotatable bonds is 4. The zero-order valence-corrected chi connectivity index (χ0v) is 17.5. The van der Waals surface area contributed by atoms with Crippen LogP contribution in [0.25, 0.3) is 0 Å². The first-order chi connectivity index (χ1) is 15.3. The second-order valence-electron chi connectivity index (χ2n) is 7.74. The highest BCUT2D eigenvalue weighted by atomic mass is 19.4. The van der Waals surface area contributed by atoms with E-state index in [-0.39, 0.29) is 5.91 Å². The van der Waals surface area contributed by atoms with E-state index in [2.05, 4.69) is 9.97 Å². The highest BCUT2D eigenvalue weighted by Crippen LogP contribution is 2.30. The molecule has 0 spiro atoms. The molecule has 1 saturated heterocycles. The van der Waals surface area contributed by atoms with Crippen molar-refractivity contribution in [3.05, 3.63) is 94.6 Å². The van der Waals surface area contributed by atoms with Crippen LogP contribution in [0, 0.1) is 6.92 Å². The van der Waals surface area contributed by atoms with Crippen LogP contribution in [0.5, 0.6) is 0 Å². The maximum atomic E-state index is 13.0. The van der Waals surface area contributed by atoms with Crippen molar-refractivity contribution in [1.82, 2.24) is 14.9 Å². The van der Waals surface area contributed by atoms with E-state index < -0.39 is 17.8 Å². The van der Waals surface area contributed by atoms with Gasteiger partial charge in [0.05, 0.1) is 24.4 Å². The zero-order chi connectivity index (χ0) is 22.7. The van der Waals surface area contributed by atoms with Crippen molar-refractivity contribution in [1.29, 1.82) is 0 Å². The summed E-state index contributed by atoms with van der Waals surface area (Å²) in [6.45, 7) is 2.98. The van der Waals surface area contributed by atoms with E-state index in [4.69, 9.17) is 4.74 Å². The molecule has 0 radical (unpaired) electrons. The quantitative estimate of drug-likeness (QED) is 0.594. The fourth-order valence-corrected chi connectivity index (χ4v) is 3.79. The van der Waals surface area contributed by atoms with Crippen molar-refractivity contribution >= 4 is 5.91 Å². The Morgan fingerprint density at radius 1 is 1.12 bits per heavy atom. The fraction of sp³-hybridized carbons (Fsp3) is 0.292. The molecule has 32 heavy (non-hydrogen) atoms. The van der Waals surface area contributed by atoms with Gasteiger partial charge < -0.3 is 9.64 Å². The van der Waals surface area contributed by atoms with Crippen LogP contribution < -0.4 is 0 Å². The van der Waals surface area contributed by atoms with Crippen molar-refractivity contribution in [2.75, 3.05) is 19.7 Å². The van der Waals surface area contributed by atoms with E-state index >= 15 is 0 Å². The Bertz CT molecular complexity index is 1100. The lowest BCUT2D eigenvalue weighted by Gasteiger charge is -2.32. The molecule has 1 aliphatic heterocycles. The van der Waals surface area contributed by atoms with Crippen LogP contribution in [-0.4, -0.2) is 40.5 Å². The summed E-state index contributed by atoms with van der Waals surface area (Å²) in [7, 11) is 0. The Morgan fingerprint density at radius 2 is 1.97 bits per heavy atom. The summed E-state index contributed by atoms with van der Waals surface area (Å²) < 4.78 is 45.0. The number of ether oxygens (including phenoxy) is 1. The van der Waals surface area contributed by atoms with Gasteiger partial charge in [0.1, 0.15) is 11.8 Å². The summed E-state index contributed by atoms with van der Waals surface area (Å²) in [5.41, 5.74) is 2.50. The number of nitrogens with zero attached hydrogens (tertiary/aromatic N) is 3. The average molecular weight is 441 g/mol. The number of carbonyl (C=O) groups is 1. The smallest absolute Gasteiger partial charge is 0.368 e. The molecule has 1 atom stereocenters. The number of amides is 1. The normalized spacial score (nSPS) is 16.8. The van der Waals surface area contributed by atoms with Crippen LogP contribution in [0.1, 0.15) is 44.7 Å². The predicted octanol–water partition coefficient (Wildman–Crippen LogP) is 4.61. The van der Waals surface area contributed by atoms with E-state index in [1.165, 1.54) is 12.1 Å². The summed E-state index contributed by atoms with van der Waals surface area (Å²) >= 11 is 0. The Hall–Kier alpha value is -3.26. The molecule has 3 heterocycles. The van der Waals surface area contributed by atoms with Crippen LogP contribution >= 0.6 is 0 Å². The molecule has 1 unspecified atom stereocenters. The summed E-state index contributed by atoms with van der Waals surface area (Å²) in [4.78, 5) is 23.1. The topological polar surface area (TPSA) is 55.3 Å². The highest BCUT2D eigenvalue weighted by molar-refractivity contribution is 5.92. The first kappa shape index (κ1) is 22.0. The zero-order valence-electron chi connectivity index (χ0n) is 17.5.